The molecule has 1 saturated heterocycles. The SMILES string of the molecule is O=C1S/C(=C\c2ccc([N+](=O)[O-])o2)C(=O)N1Cc1ccc(Cl)c(Cl)c1. The Morgan fingerprint density at radius 1 is 1.20 bits per heavy atom. The van der Waals surface area contributed by atoms with Crippen molar-refractivity contribution in [2.24, 2.45) is 0 Å². The summed E-state index contributed by atoms with van der Waals surface area (Å²) in [6.45, 7) is 0.0389. The van der Waals surface area contributed by atoms with Crippen LogP contribution in [-0.4, -0.2) is 21.0 Å². The lowest BCUT2D eigenvalue weighted by Gasteiger charge is -2.12. The number of nitrogens with zero attached hydrogens (tertiary/aromatic N) is 2. The van der Waals surface area contributed by atoms with Crippen LogP contribution in [0.1, 0.15) is 11.3 Å². The molecule has 0 atom stereocenters. The number of carbonyl (C=O) groups is 2. The van der Waals surface area contributed by atoms with Gasteiger partial charge in [-0.25, -0.2) is 0 Å². The third-order valence-corrected chi connectivity index (χ3v) is 4.91. The summed E-state index contributed by atoms with van der Waals surface area (Å²) in [5.74, 6) is -0.840. The highest BCUT2D eigenvalue weighted by molar-refractivity contribution is 8.18. The van der Waals surface area contributed by atoms with Gasteiger partial charge in [0.1, 0.15) is 10.7 Å². The number of benzene rings is 1. The highest BCUT2D eigenvalue weighted by Crippen LogP contribution is 2.34. The largest absolute Gasteiger partial charge is 0.433 e. The molecule has 128 valence electrons. The van der Waals surface area contributed by atoms with E-state index in [0.717, 1.165) is 16.7 Å². The van der Waals surface area contributed by atoms with Gasteiger partial charge in [-0.05, 0) is 35.5 Å². The number of hydrogen-bond donors (Lipinski definition) is 0. The van der Waals surface area contributed by atoms with E-state index in [4.69, 9.17) is 27.6 Å². The van der Waals surface area contributed by atoms with Gasteiger partial charge in [0.05, 0.1) is 27.6 Å². The first-order valence-electron chi connectivity index (χ1n) is 6.78. The lowest BCUT2D eigenvalue weighted by atomic mass is 10.2. The molecule has 1 aliphatic heterocycles. The molecule has 3 rings (SSSR count). The molecule has 25 heavy (non-hydrogen) atoms. The third kappa shape index (κ3) is 3.71. The Labute approximate surface area is 155 Å². The number of carbonyl (C=O) groups excluding carboxylic acids is 2. The monoisotopic (exact) mass is 398 g/mol. The van der Waals surface area contributed by atoms with Crippen molar-refractivity contribution in [3.63, 3.8) is 0 Å². The second-order valence-electron chi connectivity index (χ2n) is 4.95. The number of furan rings is 1. The van der Waals surface area contributed by atoms with Gasteiger partial charge < -0.3 is 4.42 Å². The first kappa shape index (κ1) is 17.5. The van der Waals surface area contributed by atoms with Gasteiger partial charge in [0, 0.05) is 6.08 Å². The van der Waals surface area contributed by atoms with Gasteiger partial charge in [-0.1, -0.05) is 29.3 Å². The smallest absolute Gasteiger partial charge is 0.401 e. The van der Waals surface area contributed by atoms with Crippen LogP contribution in [0.15, 0.2) is 39.7 Å². The van der Waals surface area contributed by atoms with Crippen molar-refractivity contribution < 1.29 is 18.9 Å². The zero-order valence-electron chi connectivity index (χ0n) is 12.3. The molecule has 1 fully saturated rings. The van der Waals surface area contributed by atoms with Crippen LogP contribution >= 0.6 is 35.0 Å². The van der Waals surface area contributed by atoms with Gasteiger partial charge in [0.15, 0.2) is 0 Å². The quantitative estimate of drug-likeness (QED) is 0.419. The summed E-state index contributed by atoms with van der Waals surface area (Å²) in [5, 5.41) is 10.9. The van der Waals surface area contributed by atoms with E-state index in [1.807, 2.05) is 0 Å². The predicted molar refractivity (Wildman–Crippen MR) is 93.3 cm³/mol. The van der Waals surface area contributed by atoms with Crippen molar-refractivity contribution >= 4 is 58.1 Å². The van der Waals surface area contributed by atoms with E-state index >= 15 is 0 Å². The van der Waals surface area contributed by atoms with E-state index in [2.05, 4.69) is 0 Å². The second kappa shape index (κ2) is 6.91. The maximum Gasteiger partial charge on any atom is 0.433 e. The van der Waals surface area contributed by atoms with Crippen LogP contribution in [0.25, 0.3) is 6.08 Å². The molecule has 0 bridgehead atoms. The third-order valence-electron chi connectivity index (χ3n) is 3.26. The fraction of sp³-hybridized carbons (Fsp3) is 0.0667. The number of amides is 2. The Morgan fingerprint density at radius 3 is 2.60 bits per heavy atom. The van der Waals surface area contributed by atoms with Crippen molar-refractivity contribution in [3.8, 4) is 0 Å². The van der Waals surface area contributed by atoms with Gasteiger partial charge in [0.25, 0.3) is 11.1 Å². The maximum atomic E-state index is 12.4. The highest BCUT2D eigenvalue weighted by atomic mass is 35.5. The fourth-order valence-electron chi connectivity index (χ4n) is 2.10. The Bertz CT molecular complexity index is 924. The number of imide groups is 1. The number of nitro groups is 1. The van der Waals surface area contributed by atoms with E-state index in [1.165, 1.54) is 18.2 Å². The van der Waals surface area contributed by atoms with Crippen molar-refractivity contribution in [1.29, 1.82) is 0 Å². The minimum atomic E-state index is -0.687. The molecule has 2 heterocycles. The van der Waals surface area contributed by atoms with Crippen LogP contribution in [-0.2, 0) is 11.3 Å². The normalized spacial score (nSPS) is 16.1. The molecular weight excluding hydrogens is 391 g/mol. The summed E-state index contributed by atoms with van der Waals surface area (Å²) < 4.78 is 4.97. The number of halogens is 2. The molecular formula is C15H8Cl2N2O5S. The van der Waals surface area contributed by atoms with Crippen molar-refractivity contribution in [2.45, 2.75) is 6.54 Å². The number of hydrogen-bond acceptors (Lipinski definition) is 6. The van der Waals surface area contributed by atoms with Crippen molar-refractivity contribution in [1.82, 2.24) is 4.90 Å². The van der Waals surface area contributed by atoms with Gasteiger partial charge in [0.2, 0.25) is 0 Å². The molecule has 2 aromatic rings. The summed E-state index contributed by atoms with van der Waals surface area (Å²) in [5.41, 5.74) is 0.645. The zero-order valence-corrected chi connectivity index (χ0v) is 14.6. The zero-order chi connectivity index (χ0) is 18.1. The molecule has 7 nitrogen and oxygen atoms in total. The van der Waals surface area contributed by atoms with Gasteiger partial charge in [-0.2, -0.15) is 0 Å². The molecule has 1 aromatic carbocycles. The number of rotatable bonds is 4. The molecule has 1 aromatic heterocycles. The van der Waals surface area contributed by atoms with Gasteiger partial charge >= 0.3 is 5.88 Å². The average molecular weight is 399 g/mol. The summed E-state index contributed by atoms with van der Waals surface area (Å²) in [6, 6.07) is 7.34. The average Bonchev–Trinajstić information content (AvgIpc) is 3.12. The van der Waals surface area contributed by atoms with E-state index in [-0.39, 0.29) is 17.2 Å². The molecule has 1 aliphatic rings. The second-order valence-corrected chi connectivity index (χ2v) is 6.76. The fourth-order valence-corrected chi connectivity index (χ4v) is 3.24. The Kier molecular flexibility index (Phi) is 4.85. The van der Waals surface area contributed by atoms with E-state index in [0.29, 0.717) is 15.6 Å². The molecule has 10 heteroatoms. The lowest BCUT2D eigenvalue weighted by molar-refractivity contribution is -0.402. The first-order valence-corrected chi connectivity index (χ1v) is 8.36. The van der Waals surface area contributed by atoms with Crippen LogP contribution in [0.2, 0.25) is 10.0 Å². The topological polar surface area (TPSA) is 93.7 Å². The summed E-state index contributed by atoms with van der Waals surface area (Å²) in [7, 11) is 0. The predicted octanol–water partition coefficient (Wildman–Crippen LogP) is 4.73. The minimum absolute atomic E-state index is 0.0389. The first-order chi connectivity index (χ1) is 11.8. The van der Waals surface area contributed by atoms with Crippen LogP contribution in [0.5, 0.6) is 0 Å². The Balaban J connectivity index is 1.80. The van der Waals surface area contributed by atoms with Crippen molar-refractivity contribution in [2.75, 3.05) is 0 Å². The summed E-state index contributed by atoms with van der Waals surface area (Å²) in [4.78, 5) is 35.6. The van der Waals surface area contributed by atoms with Gasteiger partial charge in [-0.3, -0.25) is 24.6 Å². The van der Waals surface area contributed by atoms with E-state index in [1.54, 1.807) is 18.2 Å². The highest BCUT2D eigenvalue weighted by Gasteiger charge is 2.35. The standard InChI is InChI=1S/C15H8Cl2N2O5S/c16-10-3-1-8(5-11(10)17)7-18-14(20)12(25-15(18)21)6-9-2-4-13(24-9)19(22)23/h1-6H,7H2/b12-6-. The number of thioether (sulfide) groups is 1. The molecule has 0 saturated carbocycles. The molecule has 0 radical (unpaired) electrons. The minimum Gasteiger partial charge on any atom is -0.401 e. The summed E-state index contributed by atoms with van der Waals surface area (Å²) in [6.07, 6.45) is 1.30. The lowest BCUT2D eigenvalue weighted by Crippen LogP contribution is -2.27. The van der Waals surface area contributed by atoms with E-state index < -0.39 is 22.0 Å². The Hall–Kier alpha value is -2.29. The van der Waals surface area contributed by atoms with Crippen LogP contribution in [0, 0.1) is 10.1 Å². The van der Waals surface area contributed by atoms with Gasteiger partial charge in [-0.15, -0.1) is 0 Å². The molecule has 0 spiro atoms. The molecule has 0 aliphatic carbocycles. The molecule has 0 unspecified atom stereocenters. The summed E-state index contributed by atoms with van der Waals surface area (Å²) >= 11 is 12.5. The maximum absolute atomic E-state index is 12.4. The molecule has 2 amide bonds. The van der Waals surface area contributed by atoms with Crippen molar-refractivity contribution in [3.05, 3.63) is 66.7 Å². The van der Waals surface area contributed by atoms with Crippen LogP contribution in [0.3, 0.4) is 0 Å². The Morgan fingerprint density at radius 2 is 1.96 bits per heavy atom. The van der Waals surface area contributed by atoms with E-state index in [9.17, 15) is 19.7 Å². The van der Waals surface area contributed by atoms with Crippen LogP contribution < -0.4 is 0 Å². The molecule has 0 N–H and O–H groups in total. The van der Waals surface area contributed by atoms with Crippen LogP contribution in [0.4, 0.5) is 10.7 Å².